The first-order chi connectivity index (χ1) is 8.19. The number of ketones is 1. The molecule has 0 heterocycles. The molecule has 0 aliphatic carbocycles. The average Bonchev–Trinajstić information content (AvgIpc) is 2.39. The van der Waals surface area contributed by atoms with Gasteiger partial charge in [-0.25, -0.2) is 0 Å². The van der Waals surface area contributed by atoms with Crippen LogP contribution >= 0.6 is 11.8 Å². The first kappa shape index (κ1) is 13.2. The Kier molecular flexibility index (Phi) is 5.15. The molecule has 0 aromatic heterocycles. The molecule has 6 nitrogen and oxygen atoms in total. The van der Waals surface area contributed by atoms with E-state index in [1.165, 1.54) is 0 Å². The van der Waals surface area contributed by atoms with Gasteiger partial charge in [-0.1, -0.05) is 30.3 Å². The number of amides is 1. The molecule has 1 unspecified atom stereocenters. The number of hydrogen-bond acceptors (Lipinski definition) is 6. The van der Waals surface area contributed by atoms with Crippen LogP contribution in [0.25, 0.3) is 0 Å². The molecule has 1 rings (SSSR count). The lowest BCUT2D eigenvalue weighted by molar-refractivity contribution is -0.115. The SMILES string of the molecule is O=NC(=O)CSC(N=O)C(=O)c1ccccc1. The first-order valence-corrected chi connectivity index (χ1v) is 5.63. The molecule has 0 saturated carbocycles. The minimum atomic E-state index is -1.23. The number of benzene rings is 1. The van der Waals surface area contributed by atoms with Crippen molar-refractivity contribution in [3.05, 3.63) is 45.7 Å². The summed E-state index contributed by atoms with van der Waals surface area (Å²) < 4.78 is 0. The zero-order chi connectivity index (χ0) is 12.7. The van der Waals surface area contributed by atoms with E-state index in [0.717, 1.165) is 0 Å². The summed E-state index contributed by atoms with van der Waals surface area (Å²) in [5.41, 5.74) is 0.330. The fourth-order valence-electron chi connectivity index (χ4n) is 1.08. The Hall–Kier alpha value is -1.89. The van der Waals surface area contributed by atoms with Crippen LogP contribution in [0.1, 0.15) is 10.4 Å². The fraction of sp³-hybridized carbons (Fsp3) is 0.200. The monoisotopic (exact) mass is 252 g/mol. The minimum absolute atomic E-state index is 0.330. The van der Waals surface area contributed by atoms with Crippen LogP contribution in [-0.2, 0) is 4.79 Å². The lowest BCUT2D eigenvalue weighted by atomic mass is 10.1. The standard InChI is InChI=1S/C10H8N2O4S/c13-8(11-15)6-17-10(12-16)9(14)7-4-2-1-3-5-7/h1-5,10H,6H2. The summed E-state index contributed by atoms with van der Waals surface area (Å²) in [5.74, 6) is -1.76. The van der Waals surface area contributed by atoms with Crippen LogP contribution in [0.15, 0.2) is 40.7 Å². The van der Waals surface area contributed by atoms with Crippen molar-refractivity contribution in [3.63, 3.8) is 0 Å². The predicted molar refractivity (Wildman–Crippen MR) is 63.6 cm³/mol. The maximum Gasteiger partial charge on any atom is 0.296 e. The van der Waals surface area contributed by atoms with E-state index in [9.17, 15) is 19.4 Å². The highest BCUT2D eigenvalue weighted by molar-refractivity contribution is 8.01. The van der Waals surface area contributed by atoms with Crippen LogP contribution in [-0.4, -0.2) is 22.8 Å². The van der Waals surface area contributed by atoms with Crippen LogP contribution in [0.2, 0.25) is 0 Å². The number of hydrogen-bond donors (Lipinski definition) is 0. The van der Waals surface area contributed by atoms with Crippen molar-refractivity contribution >= 4 is 23.5 Å². The van der Waals surface area contributed by atoms with Crippen molar-refractivity contribution in [2.75, 3.05) is 5.75 Å². The average molecular weight is 252 g/mol. The summed E-state index contributed by atoms with van der Waals surface area (Å²) in [4.78, 5) is 42.7. The summed E-state index contributed by atoms with van der Waals surface area (Å²) >= 11 is 0.685. The van der Waals surface area contributed by atoms with Crippen molar-refractivity contribution in [1.82, 2.24) is 0 Å². The van der Waals surface area contributed by atoms with Gasteiger partial charge in [0.25, 0.3) is 5.91 Å². The van der Waals surface area contributed by atoms with Gasteiger partial charge in [-0.2, -0.15) is 0 Å². The Morgan fingerprint density at radius 1 is 1.18 bits per heavy atom. The summed E-state index contributed by atoms with van der Waals surface area (Å²) in [5, 5.41) is 3.57. The molecule has 0 aliphatic heterocycles. The summed E-state index contributed by atoms with van der Waals surface area (Å²) in [6.45, 7) is 0. The van der Waals surface area contributed by atoms with Gasteiger partial charge in [0.15, 0.2) is 0 Å². The van der Waals surface area contributed by atoms with E-state index in [-0.39, 0.29) is 5.75 Å². The number of carbonyl (C=O) groups excluding carboxylic acids is 2. The van der Waals surface area contributed by atoms with Crippen molar-refractivity contribution in [1.29, 1.82) is 0 Å². The summed E-state index contributed by atoms with van der Waals surface area (Å²) in [6.07, 6.45) is 0. The van der Waals surface area contributed by atoms with Crippen molar-refractivity contribution in [3.8, 4) is 0 Å². The highest BCUT2D eigenvalue weighted by Gasteiger charge is 2.22. The van der Waals surface area contributed by atoms with Crippen molar-refractivity contribution in [2.45, 2.75) is 5.37 Å². The molecule has 88 valence electrons. The lowest BCUT2D eigenvalue weighted by Crippen LogP contribution is -2.16. The molecule has 1 atom stereocenters. The minimum Gasteiger partial charge on any atom is -0.291 e. The van der Waals surface area contributed by atoms with Gasteiger partial charge in [-0.05, 0) is 5.18 Å². The fourth-order valence-corrected chi connectivity index (χ4v) is 1.78. The topological polar surface area (TPSA) is 93.0 Å². The van der Waals surface area contributed by atoms with Gasteiger partial charge in [0.1, 0.15) is 0 Å². The van der Waals surface area contributed by atoms with Gasteiger partial charge in [-0.3, -0.25) is 9.59 Å². The van der Waals surface area contributed by atoms with E-state index >= 15 is 0 Å². The van der Waals surface area contributed by atoms with Crippen molar-refractivity contribution < 1.29 is 9.59 Å². The molecule has 0 aliphatic rings. The predicted octanol–water partition coefficient (Wildman–Crippen LogP) is 1.99. The number of nitroso groups, excluding NO2 is 2. The van der Waals surface area contributed by atoms with Gasteiger partial charge >= 0.3 is 0 Å². The Morgan fingerprint density at radius 2 is 1.82 bits per heavy atom. The van der Waals surface area contributed by atoms with Gasteiger partial charge in [0.2, 0.25) is 11.2 Å². The molecule has 0 spiro atoms. The molecule has 0 bridgehead atoms. The summed E-state index contributed by atoms with van der Waals surface area (Å²) in [6, 6.07) is 8.12. The second-order valence-electron chi connectivity index (χ2n) is 2.98. The molecule has 0 N–H and O–H groups in total. The largest absolute Gasteiger partial charge is 0.296 e. The third-order valence-electron chi connectivity index (χ3n) is 1.84. The number of thioether (sulfide) groups is 1. The Balaban J connectivity index is 2.68. The van der Waals surface area contributed by atoms with Gasteiger partial charge in [-0.15, -0.1) is 21.6 Å². The zero-order valence-electron chi connectivity index (χ0n) is 8.61. The van der Waals surface area contributed by atoms with Crippen LogP contribution in [0.4, 0.5) is 0 Å². The van der Waals surface area contributed by atoms with E-state index in [1.54, 1.807) is 30.3 Å². The van der Waals surface area contributed by atoms with Crippen molar-refractivity contribution in [2.24, 2.45) is 10.4 Å². The van der Waals surface area contributed by atoms with Crippen LogP contribution in [0.5, 0.6) is 0 Å². The van der Waals surface area contributed by atoms with Gasteiger partial charge < -0.3 is 0 Å². The molecule has 0 saturated heterocycles. The van der Waals surface area contributed by atoms with Gasteiger partial charge in [0, 0.05) is 10.7 Å². The van der Waals surface area contributed by atoms with Crippen LogP contribution in [0.3, 0.4) is 0 Å². The smallest absolute Gasteiger partial charge is 0.291 e. The number of nitrogens with zero attached hydrogens (tertiary/aromatic N) is 2. The maximum absolute atomic E-state index is 11.7. The molecule has 1 aromatic rings. The zero-order valence-corrected chi connectivity index (χ0v) is 9.42. The quantitative estimate of drug-likeness (QED) is 0.570. The van der Waals surface area contributed by atoms with Crippen LogP contribution < -0.4 is 0 Å². The van der Waals surface area contributed by atoms with Crippen LogP contribution in [0, 0.1) is 9.81 Å². The molecular formula is C10H8N2O4S. The lowest BCUT2D eigenvalue weighted by Gasteiger charge is -2.05. The maximum atomic E-state index is 11.7. The highest BCUT2D eigenvalue weighted by Crippen LogP contribution is 2.18. The molecule has 1 amide bonds. The molecule has 0 fully saturated rings. The molecular weight excluding hydrogens is 244 g/mol. The molecule has 1 aromatic carbocycles. The number of Topliss-reactive ketones (excluding diaryl/α,β-unsaturated/α-hetero) is 1. The number of carbonyl (C=O) groups is 2. The second kappa shape index (κ2) is 6.64. The number of rotatable bonds is 6. The first-order valence-electron chi connectivity index (χ1n) is 4.58. The van der Waals surface area contributed by atoms with E-state index in [2.05, 4.69) is 10.4 Å². The van der Waals surface area contributed by atoms with E-state index in [0.29, 0.717) is 17.3 Å². The summed E-state index contributed by atoms with van der Waals surface area (Å²) in [7, 11) is 0. The Bertz CT molecular complexity index is 435. The second-order valence-corrected chi connectivity index (χ2v) is 4.05. The molecule has 7 heteroatoms. The van der Waals surface area contributed by atoms with E-state index < -0.39 is 17.1 Å². The Labute approximate surface area is 101 Å². The Morgan fingerprint density at radius 3 is 2.35 bits per heavy atom. The normalized spacial score (nSPS) is 11.5. The van der Waals surface area contributed by atoms with Gasteiger partial charge in [0.05, 0.1) is 5.75 Å². The van der Waals surface area contributed by atoms with E-state index in [4.69, 9.17) is 0 Å². The molecule has 0 radical (unpaired) electrons. The third kappa shape index (κ3) is 3.87. The third-order valence-corrected chi connectivity index (χ3v) is 2.87. The molecule has 17 heavy (non-hydrogen) atoms. The van der Waals surface area contributed by atoms with E-state index in [1.807, 2.05) is 0 Å². The highest BCUT2D eigenvalue weighted by atomic mass is 32.2.